The highest BCUT2D eigenvalue weighted by atomic mass is 35.5. The molecule has 3 N–H and O–H groups in total. The van der Waals surface area contributed by atoms with Crippen LogP contribution in [-0.4, -0.2) is 55.2 Å². The molecule has 130 valence electrons. The number of aliphatic imine (C=N–C) groups is 1. The lowest BCUT2D eigenvalue weighted by Crippen LogP contribution is -2.40. The molecular weight excluding hydrogens is 332 g/mol. The SMILES string of the molecule is CCNC(=NCC(O)c1ccc(Cl)s1)NCC1CCN(CC)C1. The zero-order valence-corrected chi connectivity index (χ0v) is 15.5. The van der Waals surface area contributed by atoms with Gasteiger partial charge in [-0.2, -0.15) is 0 Å². The van der Waals surface area contributed by atoms with Crippen molar-refractivity contribution in [2.75, 3.05) is 39.3 Å². The van der Waals surface area contributed by atoms with Gasteiger partial charge in [0.05, 0.1) is 10.9 Å². The van der Waals surface area contributed by atoms with E-state index in [0.717, 1.165) is 37.0 Å². The number of hydrogen-bond acceptors (Lipinski definition) is 4. The minimum absolute atomic E-state index is 0.331. The molecule has 7 heteroatoms. The number of aliphatic hydroxyl groups excluding tert-OH is 1. The maximum Gasteiger partial charge on any atom is 0.191 e. The van der Waals surface area contributed by atoms with E-state index in [0.29, 0.717) is 16.8 Å². The average Bonchev–Trinajstić information content (AvgIpc) is 3.18. The summed E-state index contributed by atoms with van der Waals surface area (Å²) in [5.74, 6) is 1.43. The summed E-state index contributed by atoms with van der Waals surface area (Å²) in [6.07, 6.45) is 0.626. The number of nitrogens with one attached hydrogen (secondary N) is 2. The van der Waals surface area contributed by atoms with E-state index in [1.165, 1.54) is 24.3 Å². The van der Waals surface area contributed by atoms with Crippen LogP contribution in [0.25, 0.3) is 0 Å². The predicted molar refractivity (Wildman–Crippen MR) is 98.5 cm³/mol. The monoisotopic (exact) mass is 358 g/mol. The van der Waals surface area contributed by atoms with Crippen molar-refractivity contribution in [2.24, 2.45) is 10.9 Å². The van der Waals surface area contributed by atoms with E-state index in [1.807, 2.05) is 13.0 Å². The summed E-state index contributed by atoms with van der Waals surface area (Å²) in [6.45, 7) is 9.77. The van der Waals surface area contributed by atoms with Gasteiger partial charge in [-0.1, -0.05) is 18.5 Å². The zero-order chi connectivity index (χ0) is 16.7. The van der Waals surface area contributed by atoms with Gasteiger partial charge in [-0.3, -0.25) is 4.99 Å². The molecule has 0 amide bonds. The number of hydrogen-bond donors (Lipinski definition) is 3. The first-order valence-corrected chi connectivity index (χ1v) is 9.49. The molecule has 0 aromatic carbocycles. The molecule has 2 rings (SSSR count). The van der Waals surface area contributed by atoms with E-state index in [9.17, 15) is 5.11 Å². The van der Waals surface area contributed by atoms with Crippen molar-refractivity contribution in [2.45, 2.75) is 26.4 Å². The molecule has 2 heterocycles. The summed E-state index contributed by atoms with van der Waals surface area (Å²) in [5.41, 5.74) is 0. The fourth-order valence-corrected chi connectivity index (χ4v) is 3.76. The first-order valence-electron chi connectivity index (χ1n) is 8.30. The standard InChI is InChI=1S/C16H27ClN4OS/c1-3-18-16(19-9-12-7-8-21(4-2)11-12)20-10-13(22)14-5-6-15(17)23-14/h5-6,12-13,22H,3-4,7-11H2,1-2H3,(H2,18,19,20). The van der Waals surface area contributed by atoms with Crippen LogP contribution in [0, 0.1) is 5.92 Å². The summed E-state index contributed by atoms with van der Waals surface area (Å²) in [7, 11) is 0. The number of likely N-dealkylation sites (tertiary alicyclic amines) is 1. The van der Waals surface area contributed by atoms with E-state index < -0.39 is 6.10 Å². The van der Waals surface area contributed by atoms with Crippen molar-refractivity contribution in [3.63, 3.8) is 0 Å². The number of nitrogens with zero attached hydrogens (tertiary/aromatic N) is 2. The second kappa shape index (κ2) is 9.47. The highest BCUT2D eigenvalue weighted by molar-refractivity contribution is 7.16. The topological polar surface area (TPSA) is 59.9 Å². The summed E-state index contributed by atoms with van der Waals surface area (Å²) in [6, 6.07) is 3.66. The van der Waals surface area contributed by atoms with Crippen LogP contribution < -0.4 is 10.6 Å². The van der Waals surface area contributed by atoms with Crippen LogP contribution in [0.3, 0.4) is 0 Å². The molecule has 1 aromatic heterocycles. The van der Waals surface area contributed by atoms with Gasteiger partial charge >= 0.3 is 0 Å². The third-order valence-corrected chi connectivity index (χ3v) is 5.40. The van der Waals surface area contributed by atoms with E-state index >= 15 is 0 Å². The van der Waals surface area contributed by atoms with Gasteiger partial charge in [0.25, 0.3) is 0 Å². The molecule has 2 unspecified atom stereocenters. The second-order valence-corrected chi connectivity index (χ2v) is 7.55. The minimum atomic E-state index is -0.606. The normalized spacial score (nSPS) is 20.7. The van der Waals surface area contributed by atoms with E-state index in [2.05, 4.69) is 27.4 Å². The van der Waals surface area contributed by atoms with Crippen molar-refractivity contribution in [3.05, 3.63) is 21.3 Å². The maximum absolute atomic E-state index is 10.2. The molecule has 0 bridgehead atoms. The summed E-state index contributed by atoms with van der Waals surface area (Å²) in [5, 5.41) is 16.8. The molecule has 0 saturated carbocycles. The number of thiophene rings is 1. The molecule has 2 atom stereocenters. The van der Waals surface area contributed by atoms with Gasteiger partial charge in [0.15, 0.2) is 5.96 Å². The molecule has 23 heavy (non-hydrogen) atoms. The fourth-order valence-electron chi connectivity index (χ4n) is 2.72. The first kappa shape index (κ1) is 18.5. The molecule has 1 saturated heterocycles. The molecule has 0 radical (unpaired) electrons. The van der Waals surface area contributed by atoms with Crippen molar-refractivity contribution >= 4 is 28.9 Å². The Hall–Kier alpha value is -0.820. The van der Waals surface area contributed by atoms with Crippen LogP contribution >= 0.6 is 22.9 Å². The fraction of sp³-hybridized carbons (Fsp3) is 0.688. The van der Waals surface area contributed by atoms with Crippen LogP contribution in [0.2, 0.25) is 4.34 Å². The minimum Gasteiger partial charge on any atom is -0.386 e. The van der Waals surface area contributed by atoms with Crippen LogP contribution in [-0.2, 0) is 0 Å². The Morgan fingerprint density at radius 2 is 2.30 bits per heavy atom. The smallest absolute Gasteiger partial charge is 0.191 e. The molecule has 0 spiro atoms. The van der Waals surface area contributed by atoms with Crippen molar-refractivity contribution in [1.82, 2.24) is 15.5 Å². The van der Waals surface area contributed by atoms with E-state index in [-0.39, 0.29) is 0 Å². The number of halogens is 1. The van der Waals surface area contributed by atoms with Crippen LogP contribution in [0.5, 0.6) is 0 Å². The average molecular weight is 359 g/mol. The number of aliphatic hydroxyl groups is 1. The predicted octanol–water partition coefficient (Wildman–Crippen LogP) is 2.33. The third kappa shape index (κ3) is 5.95. The van der Waals surface area contributed by atoms with E-state index in [4.69, 9.17) is 11.6 Å². The lowest BCUT2D eigenvalue weighted by Gasteiger charge is -2.16. The van der Waals surface area contributed by atoms with Crippen molar-refractivity contribution in [1.29, 1.82) is 0 Å². The summed E-state index contributed by atoms with van der Waals surface area (Å²) < 4.78 is 0.690. The molecular formula is C16H27ClN4OS. The van der Waals surface area contributed by atoms with Gasteiger partial charge in [-0.05, 0) is 44.5 Å². The van der Waals surface area contributed by atoms with Gasteiger partial charge in [0.2, 0.25) is 0 Å². The third-order valence-electron chi connectivity index (χ3n) is 4.06. The van der Waals surface area contributed by atoms with Gasteiger partial charge in [0, 0.05) is 24.5 Å². The lowest BCUT2D eigenvalue weighted by molar-refractivity contribution is 0.191. The van der Waals surface area contributed by atoms with Gasteiger partial charge < -0.3 is 20.6 Å². The highest BCUT2D eigenvalue weighted by Crippen LogP contribution is 2.26. The molecule has 5 nitrogen and oxygen atoms in total. The van der Waals surface area contributed by atoms with Gasteiger partial charge in [-0.25, -0.2) is 0 Å². The largest absolute Gasteiger partial charge is 0.386 e. The summed E-state index contributed by atoms with van der Waals surface area (Å²) >= 11 is 7.30. The molecule has 0 aliphatic carbocycles. The molecule has 1 aromatic rings. The Labute approximate surface area is 147 Å². The summed E-state index contributed by atoms with van der Waals surface area (Å²) in [4.78, 5) is 7.82. The quantitative estimate of drug-likeness (QED) is 0.517. The van der Waals surface area contributed by atoms with Gasteiger partial charge in [0.1, 0.15) is 6.10 Å². The zero-order valence-electron chi connectivity index (χ0n) is 13.9. The molecule has 1 fully saturated rings. The lowest BCUT2D eigenvalue weighted by atomic mass is 10.1. The van der Waals surface area contributed by atoms with Crippen molar-refractivity contribution in [3.8, 4) is 0 Å². The Bertz CT molecular complexity index is 508. The van der Waals surface area contributed by atoms with Gasteiger partial charge in [-0.15, -0.1) is 11.3 Å². The molecule has 1 aliphatic rings. The highest BCUT2D eigenvalue weighted by Gasteiger charge is 2.21. The maximum atomic E-state index is 10.2. The van der Waals surface area contributed by atoms with Crippen molar-refractivity contribution < 1.29 is 5.11 Å². The van der Waals surface area contributed by atoms with Crippen LogP contribution in [0.1, 0.15) is 31.2 Å². The Kier molecular flexibility index (Phi) is 7.62. The Balaban J connectivity index is 1.82. The Morgan fingerprint density at radius 1 is 1.48 bits per heavy atom. The number of rotatable bonds is 7. The molecule has 1 aliphatic heterocycles. The Morgan fingerprint density at radius 3 is 2.91 bits per heavy atom. The first-order chi connectivity index (χ1) is 11.1. The van der Waals surface area contributed by atoms with E-state index in [1.54, 1.807) is 6.07 Å². The second-order valence-electron chi connectivity index (χ2n) is 5.81. The number of guanidine groups is 1. The van der Waals surface area contributed by atoms with Crippen LogP contribution in [0.15, 0.2) is 17.1 Å². The van der Waals surface area contributed by atoms with Crippen LogP contribution in [0.4, 0.5) is 0 Å².